The van der Waals surface area contributed by atoms with Crippen LogP contribution in [0.15, 0.2) is 73.1 Å². The minimum Gasteiger partial charge on any atom is -0.462 e. The van der Waals surface area contributed by atoms with Gasteiger partial charge in [0, 0.05) is 29.2 Å². The van der Waals surface area contributed by atoms with Crippen LogP contribution >= 0.6 is 0 Å². The monoisotopic (exact) mass is 452 g/mol. The molecule has 33 heavy (non-hydrogen) atoms. The quantitative estimate of drug-likeness (QED) is 0.375. The number of pyridine rings is 1. The molecule has 172 valence electrons. The Morgan fingerprint density at radius 2 is 1.70 bits per heavy atom. The highest BCUT2D eigenvalue weighted by Gasteiger charge is 2.44. The maximum absolute atomic E-state index is 12.7. The van der Waals surface area contributed by atoms with E-state index in [1.807, 2.05) is 6.07 Å². The fourth-order valence-corrected chi connectivity index (χ4v) is 3.56. The standard InChI is InChI=1S/C24H24N2O7/c27-13-19-20(28)21(29)22(30)24(33-19)32-16-6-7-18(17(12-16)14-8-10-25-11-9-14)26-23(31)15-4-2-1-3-5-15/h1-12,19-22,24,27-30H,13H2,(H,26,31). The number of benzene rings is 2. The van der Waals surface area contributed by atoms with Gasteiger partial charge in [-0.1, -0.05) is 18.2 Å². The Bertz CT molecular complexity index is 1080. The number of aliphatic hydroxyl groups is 4. The van der Waals surface area contributed by atoms with Gasteiger partial charge in [0.25, 0.3) is 5.91 Å². The Morgan fingerprint density at radius 1 is 0.970 bits per heavy atom. The first-order valence-electron chi connectivity index (χ1n) is 10.4. The lowest BCUT2D eigenvalue weighted by atomic mass is 9.99. The molecule has 1 aliphatic heterocycles. The summed E-state index contributed by atoms with van der Waals surface area (Å²) in [7, 11) is 0. The van der Waals surface area contributed by atoms with E-state index in [4.69, 9.17) is 9.47 Å². The summed E-state index contributed by atoms with van der Waals surface area (Å²) in [6.07, 6.45) is -3.75. The highest BCUT2D eigenvalue weighted by Crippen LogP contribution is 2.33. The van der Waals surface area contributed by atoms with Crippen molar-refractivity contribution in [3.05, 3.63) is 78.6 Å². The Kier molecular flexibility index (Phi) is 6.97. The fraction of sp³-hybridized carbons (Fsp3) is 0.250. The van der Waals surface area contributed by atoms with Gasteiger partial charge in [0.1, 0.15) is 30.2 Å². The van der Waals surface area contributed by atoms with Crippen molar-refractivity contribution in [1.82, 2.24) is 4.98 Å². The molecular formula is C24H24N2O7. The smallest absolute Gasteiger partial charge is 0.255 e. The number of nitrogens with one attached hydrogen (secondary N) is 1. The van der Waals surface area contributed by atoms with E-state index in [1.165, 1.54) is 0 Å². The summed E-state index contributed by atoms with van der Waals surface area (Å²) in [6, 6.07) is 17.2. The summed E-state index contributed by atoms with van der Waals surface area (Å²) < 4.78 is 11.2. The molecule has 1 saturated heterocycles. The molecule has 5 atom stereocenters. The van der Waals surface area contributed by atoms with Gasteiger partial charge in [-0.05, 0) is 48.0 Å². The topological polar surface area (TPSA) is 141 Å². The number of aromatic nitrogens is 1. The Balaban J connectivity index is 1.62. The highest BCUT2D eigenvalue weighted by atomic mass is 16.7. The third-order valence-electron chi connectivity index (χ3n) is 5.37. The molecule has 0 saturated carbocycles. The van der Waals surface area contributed by atoms with E-state index >= 15 is 0 Å². The van der Waals surface area contributed by atoms with E-state index in [0.717, 1.165) is 5.56 Å². The zero-order valence-corrected chi connectivity index (χ0v) is 17.5. The van der Waals surface area contributed by atoms with Gasteiger partial charge < -0.3 is 35.2 Å². The van der Waals surface area contributed by atoms with Crippen LogP contribution < -0.4 is 10.1 Å². The minimum atomic E-state index is -1.55. The second-order valence-electron chi connectivity index (χ2n) is 7.58. The SMILES string of the molecule is O=C(Nc1ccc(OC2OC(CO)C(O)C(O)C2O)cc1-c1ccncc1)c1ccccc1. The summed E-state index contributed by atoms with van der Waals surface area (Å²) in [4.78, 5) is 16.7. The van der Waals surface area contributed by atoms with Gasteiger partial charge in [-0.25, -0.2) is 0 Å². The van der Waals surface area contributed by atoms with Crippen LogP contribution in [0.1, 0.15) is 10.4 Å². The number of aliphatic hydroxyl groups excluding tert-OH is 4. The number of ether oxygens (including phenoxy) is 2. The zero-order chi connectivity index (χ0) is 23.4. The molecule has 0 aliphatic carbocycles. The van der Waals surface area contributed by atoms with Crippen LogP contribution in [-0.4, -0.2) is 68.6 Å². The van der Waals surface area contributed by atoms with Crippen LogP contribution in [0, 0.1) is 0 Å². The van der Waals surface area contributed by atoms with Crippen molar-refractivity contribution in [2.75, 3.05) is 11.9 Å². The van der Waals surface area contributed by atoms with Gasteiger partial charge in [-0.2, -0.15) is 0 Å². The summed E-state index contributed by atoms with van der Waals surface area (Å²) in [6.45, 7) is -0.558. The summed E-state index contributed by atoms with van der Waals surface area (Å²) in [5, 5.41) is 42.5. The van der Waals surface area contributed by atoms with Crippen LogP contribution in [-0.2, 0) is 4.74 Å². The number of amides is 1. The van der Waals surface area contributed by atoms with Crippen molar-refractivity contribution in [2.45, 2.75) is 30.7 Å². The first kappa shape index (κ1) is 22.8. The van der Waals surface area contributed by atoms with Crippen molar-refractivity contribution in [2.24, 2.45) is 0 Å². The Morgan fingerprint density at radius 3 is 2.39 bits per heavy atom. The molecule has 0 radical (unpaired) electrons. The molecule has 1 amide bonds. The number of nitrogens with zero attached hydrogens (tertiary/aromatic N) is 1. The maximum atomic E-state index is 12.7. The first-order chi connectivity index (χ1) is 16.0. The van der Waals surface area contributed by atoms with Crippen LogP contribution in [0.2, 0.25) is 0 Å². The number of anilines is 1. The van der Waals surface area contributed by atoms with E-state index in [1.54, 1.807) is 67.0 Å². The van der Waals surface area contributed by atoms with E-state index < -0.39 is 37.3 Å². The van der Waals surface area contributed by atoms with Gasteiger partial charge >= 0.3 is 0 Å². The molecule has 5 N–H and O–H groups in total. The predicted molar refractivity (Wildman–Crippen MR) is 118 cm³/mol. The number of carbonyl (C=O) groups is 1. The lowest BCUT2D eigenvalue weighted by Crippen LogP contribution is -2.60. The number of hydrogen-bond donors (Lipinski definition) is 5. The predicted octanol–water partition coefficient (Wildman–Crippen LogP) is 1.18. The summed E-state index contributed by atoms with van der Waals surface area (Å²) in [5.74, 6) is -0.00244. The van der Waals surface area contributed by atoms with Gasteiger partial charge in [0.15, 0.2) is 0 Å². The van der Waals surface area contributed by atoms with Crippen molar-refractivity contribution in [3.63, 3.8) is 0 Å². The second-order valence-corrected chi connectivity index (χ2v) is 7.58. The van der Waals surface area contributed by atoms with E-state index in [9.17, 15) is 25.2 Å². The van der Waals surface area contributed by atoms with Crippen LogP contribution in [0.3, 0.4) is 0 Å². The number of hydrogen-bond acceptors (Lipinski definition) is 8. The molecule has 9 heteroatoms. The van der Waals surface area contributed by atoms with Crippen molar-refractivity contribution >= 4 is 11.6 Å². The summed E-state index contributed by atoms with van der Waals surface area (Å²) in [5.41, 5.74) is 2.41. The normalized spacial score (nSPS) is 24.8. The average molecular weight is 452 g/mol. The molecular weight excluding hydrogens is 428 g/mol. The lowest BCUT2D eigenvalue weighted by Gasteiger charge is -2.39. The van der Waals surface area contributed by atoms with Crippen molar-refractivity contribution in [1.29, 1.82) is 0 Å². The van der Waals surface area contributed by atoms with Gasteiger partial charge in [-0.3, -0.25) is 9.78 Å². The molecule has 0 bridgehead atoms. The molecule has 0 spiro atoms. The molecule has 4 rings (SSSR count). The van der Waals surface area contributed by atoms with Gasteiger partial charge in [0.05, 0.1) is 6.61 Å². The highest BCUT2D eigenvalue weighted by molar-refractivity contribution is 6.06. The van der Waals surface area contributed by atoms with Crippen LogP contribution in [0.5, 0.6) is 5.75 Å². The average Bonchev–Trinajstić information content (AvgIpc) is 2.86. The van der Waals surface area contributed by atoms with E-state index in [0.29, 0.717) is 16.8 Å². The molecule has 2 aromatic carbocycles. The fourth-order valence-electron chi connectivity index (χ4n) is 3.56. The van der Waals surface area contributed by atoms with E-state index in [-0.39, 0.29) is 11.7 Å². The molecule has 1 aromatic heterocycles. The van der Waals surface area contributed by atoms with Gasteiger partial charge in [0.2, 0.25) is 6.29 Å². The first-order valence-corrected chi connectivity index (χ1v) is 10.4. The van der Waals surface area contributed by atoms with Crippen molar-refractivity contribution < 1.29 is 34.7 Å². The molecule has 1 aliphatic rings. The maximum Gasteiger partial charge on any atom is 0.255 e. The van der Waals surface area contributed by atoms with Crippen LogP contribution in [0.4, 0.5) is 5.69 Å². The van der Waals surface area contributed by atoms with Crippen molar-refractivity contribution in [3.8, 4) is 16.9 Å². The van der Waals surface area contributed by atoms with E-state index in [2.05, 4.69) is 10.3 Å². The molecule has 1 fully saturated rings. The largest absolute Gasteiger partial charge is 0.462 e. The molecule has 2 heterocycles. The third-order valence-corrected chi connectivity index (χ3v) is 5.37. The molecule has 3 aromatic rings. The second kappa shape index (κ2) is 10.1. The van der Waals surface area contributed by atoms with Gasteiger partial charge in [-0.15, -0.1) is 0 Å². The molecule has 5 unspecified atom stereocenters. The minimum absolute atomic E-state index is 0.281. The summed E-state index contributed by atoms with van der Waals surface area (Å²) >= 11 is 0. The Labute approximate surface area is 189 Å². The zero-order valence-electron chi connectivity index (χ0n) is 17.5. The molecule has 9 nitrogen and oxygen atoms in total. The van der Waals surface area contributed by atoms with Crippen LogP contribution in [0.25, 0.3) is 11.1 Å². The third kappa shape index (κ3) is 5.03. The Hall–Kier alpha value is -3.34. The lowest BCUT2D eigenvalue weighted by molar-refractivity contribution is -0.277. The number of carbonyl (C=O) groups excluding carboxylic acids is 1. The number of rotatable bonds is 6.